The van der Waals surface area contributed by atoms with E-state index in [1.807, 2.05) is 0 Å². The molecule has 0 amide bonds. The summed E-state index contributed by atoms with van der Waals surface area (Å²) >= 11 is 3.09. The van der Waals surface area contributed by atoms with Gasteiger partial charge in [0.05, 0.1) is 10.5 Å². The summed E-state index contributed by atoms with van der Waals surface area (Å²) in [5.74, 6) is 1.22. The maximum atomic E-state index is 12.0. The molecule has 0 aliphatic rings. The lowest BCUT2D eigenvalue weighted by Crippen LogP contribution is -2.25. The maximum Gasteiger partial charge on any atom is 0.335 e. The number of rotatable bonds is 6. The average molecular weight is 346 g/mol. The number of terminal acetylenes is 1. The van der Waals surface area contributed by atoms with Crippen LogP contribution in [0.2, 0.25) is 0 Å². The molecule has 1 aromatic carbocycles. The van der Waals surface area contributed by atoms with Crippen molar-refractivity contribution in [2.24, 2.45) is 0 Å². The number of halogens is 1. The van der Waals surface area contributed by atoms with Gasteiger partial charge in [0.25, 0.3) is 0 Å². The number of hydrogen-bond donors (Lipinski definition) is 2. The van der Waals surface area contributed by atoms with Crippen molar-refractivity contribution in [2.75, 3.05) is 6.54 Å². The smallest absolute Gasteiger partial charge is 0.335 e. The quantitative estimate of drug-likeness (QED) is 0.608. The number of carboxylic acid groups (broad SMARTS) is 1. The van der Waals surface area contributed by atoms with E-state index in [-0.39, 0.29) is 17.0 Å². The van der Waals surface area contributed by atoms with Crippen molar-refractivity contribution in [3.8, 4) is 12.3 Å². The summed E-state index contributed by atoms with van der Waals surface area (Å²) in [5, 5.41) is 8.86. The fraction of sp³-hybridized carbons (Fsp3) is 0.250. The summed E-state index contributed by atoms with van der Waals surface area (Å²) < 4.78 is 26.7. The minimum Gasteiger partial charge on any atom is -0.478 e. The van der Waals surface area contributed by atoms with Gasteiger partial charge in [-0.15, -0.1) is 12.3 Å². The number of aromatic carboxylic acids is 1. The second kappa shape index (κ2) is 6.70. The zero-order valence-electron chi connectivity index (χ0n) is 9.89. The lowest BCUT2D eigenvalue weighted by molar-refractivity contribution is 0.0696. The lowest BCUT2D eigenvalue weighted by Gasteiger charge is -2.08. The maximum absolute atomic E-state index is 12.0. The largest absolute Gasteiger partial charge is 0.478 e. The summed E-state index contributed by atoms with van der Waals surface area (Å²) in [5.41, 5.74) is -0.0906. The van der Waals surface area contributed by atoms with Gasteiger partial charge in [0.1, 0.15) is 0 Å². The standard InChI is InChI=1S/C12H12BrNO4S/c1-2-3-4-7-14-19(17,18)11-8-9(12(15)16)5-6-10(11)13/h1,5-6,8,14H,3-4,7H2,(H,15,16). The molecule has 0 aliphatic carbocycles. The van der Waals surface area contributed by atoms with Crippen molar-refractivity contribution in [1.82, 2.24) is 4.72 Å². The first-order valence-electron chi connectivity index (χ1n) is 5.34. The highest BCUT2D eigenvalue weighted by atomic mass is 79.9. The summed E-state index contributed by atoms with van der Waals surface area (Å²) in [4.78, 5) is 10.7. The topological polar surface area (TPSA) is 83.5 Å². The van der Waals surface area contributed by atoms with Crippen molar-refractivity contribution in [3.05, 3.63) is 28.2 Å². The van der Waals surface area contributed by atoms with Crippen LogP contribution in [0.15, 0.2) is 27.6 Å². The molecule has 0 radical (unpaired) electrons. The third-order valence-electron chi connectivity index (χ3n) is 2.26. The summed E-state index contributed by atoms with van der Waals surface area (Å²) in [6.07, 6.45) is 6.06. The molecule has 102 valence electrons. The van der Waals surface area contributed by atoms with E-state index in [0.717, 1.165) is 6.07 Å². The molecule has 0 saturated carbocycles. The number of hydrogen-bond acceptors (Lipinski definition) is 3. The molecule has 0 unspecified atom stereocenters. The molecule has 2 N–H and O–H groups in total. The van der Waals surface area contributed by atoms with Gasteiger partial charge in [-0.05, 0) is 40.5 Å². The number of unbranched alkanes of at least 4 members (excludes halogenated alkanes) is 1. The predicted octanol–water partition coefficient (Wildman–Crippen LogP) is 1.84. The highest BCUT2D eigenvalue weighted by Crippen LogP contribution is 2.23. The van der Waals surface area contributed by atoms with Crippen molar-refractivity contribution in [2.45, 2.75) is 17.7 Å². The molecule has 1 rings (SSSR count). The Bertz CT molecular complexity index is 619. The van der Waals surface area contributed by atoms with Crippen molar-refractivity contribution < 1.29 is 18.3 Å². The molecule has 0 aliphatic heterocycles. The minimum atomic E-state index is -3.76. The third kappa shape index (κ3) is 4.35. The number of carboxylic acids is 1. The molecule has 7 heteroatoms. The van der Waals surface area contributed by atoms with E-state index in [2.05, 4.69) is 26.6 Å². The molecule has 1 aromatic rings. The zero-order valence-corrected chi connectivity index (χ0v) is 12.3. The molecule has 0 fully saturated rings. The Morgan fingerprint density at radius 2 is 2.16 bits per heavy atom. The van der Waals surface area contributed by atoms with E-state index in [1.165, 1.54) is 12.1 Å². The normalized spacial score (nSPS) is 10.9. The molecule has 0 bridgehead atoms. The van der Waals surface area contributed by atoms with Crippen molar-refractivity contribution >= 4 is 31.9 Å². The van der Waals surface area contributed by atoms with E-state index >= 15 is 0 Å². The van der Waals surface area contributed by atoms with Gasteiger partial charge in [-0.25, -0.2) is 17.9 Å². The fourth-order valence-corrected chi connectivity index (χ4v) is 3.38. The second-order valence-electron chi connectivity index (χ2n) is 3.66. The van der Waals surface area contributed by atoms with E-state index in [1.54, 1.807) is 0 Å². The van der Waals surface area contributed by atoms with Crippen LogP contribution in [0.25, 0.3) is 0 Å². The number of sulfonamides is 1. The Morgan fingerprint density at radius 3 is 2.74 bits per heavy atom. The van der Waals surface area contributed by atoms with Gasteiger partial charge < -0.3 is 5.11 Å². The average Bonchev–Trinajstić information content (AvgIpc) is 2.34. The van der Waals surface area contributed by atoms with Crippen molar-refractivity contribution in [1.29, 1.82) is 0 Å². The molecular weight excluding hydrogens is 334 g/mol. The van der Waals surface area contributed by atoms with Crippen LogP contribution >= 0.6 is 15.9 Å². The number of carbonyl (C=O) groups is 1. The Kier molecular flexibility index (Phi) is 5.54. The Balaban J connectivity index is 2.97. The second-order valence-corrected chi connectivity index (χ2v) is 6.25. The van der Waals surface area contributed by atoms with Gasteiger partial charge >= 0.3 is 5.97 Å². The highest BCUT2D eigenvalue weighted by molar-refractivity contribution is 9.10. The highest BCUT2D eigenvalue weighted by Gasteiger charge is 2.19. The summed E-state index contributed by atoms with van der Waals surface area (Å²) in [7, 11) is -3.76. The van der Waals surface area contributed by atoms with Gasteiger partial charge in [0.2, 0.25) is 10.0 Å². The third-order valence-corrected chi connectivity index (χ3v) is 4.71. The minimum absolute atomic E-state index is 0.0906. The van der Waals surface area contributed by atoms with Crippen LogP contribution in [-0.2, 0) is 10.0 Å². The Morgan fingerprint density at radius 1 is 1.47 bits per heavy atom. The Labute approximate surface area is 120 Å². The molecular formula is C12H12BrNO4S. The molecule has 19 heavy (non-hydrogen) atoms. The number of nitrogens with one attached hydrogen (secondary N) is 1. The van der Waals surface area contributed by atoms with E-state index in [9.17, 15) is 13.2 Å². The molecule has 0 spiro atoms. The lowest BCUT2D eigenvalue weighted by atomic mass is 10.2. The molecule has 0 aromatic heterocycles. The van der Waals surface area contributed by atoms with Crippen LogP contribution in [0, 0.1) is 12.3 Å². The van der Waals surface area contributed by atoms with Gasteiger partial charge in [-0.2, -0.15) is 0 Å². The van der Waals surface area contributed by atoms with Gasteiger partial charge in [-0.1, -0.05) is 0 Å². The van der Waals surface area contributed by atoms with Crippen LogP contribution in [-0.4, -0.2) is 26.0 Å². The van der Waals surface area contributed by atoms with E-state index < -0.39 is 16.0 Å². The summed E-state index contributed by atoms with van der Waals surface area (Å²) in [6, 6.07) is 3.82. The van der Waals surface area contributed by atoms with Crippen LogP contribution in [0.4, 0.5) is 0 Å². The zero-order chi connectivity index (χ0) is 14.5. The van der Waals surface area contributed by atoms with Crippen LogP contribution < -0.4 is 4.72 Å². The predicted molar refractivity (Wildman–Crippen MR) is 74.4 cm³/mol. The van der Waals surface area contributed by atoms with E-state index in [0.29, 0.717) is 17.3 Å². The van der Waals surface area contributed by atoms with Gasteiger partial charge in [0.15, 0.2) is 0 Å². The first-order valence-corrected chi connectivity index (χ1v) is 7.62. The van der Waals surface area contributed by atoms with Gasteiger partial charge in [0, 0.05) is 17.4 Å². The van der Waals surface area contributed by atoms with Gasteiger partial charge in [-0.3, -0.25) is 0 Å². The summed E-state index contributed by atoms with van der Waals surface area (Å²) in [6.45, 7) is 0.205. The molecule has 0 heterocycles. The Hall–Kier alpha value is -1.36. The van der Waals surface area contributed by atoms with Crippen molar-refractivity contribution in [3.63, 3.8) is 0 Å². The SMILES string of the molecule is C#CCCCNS(=O)(=O)c1cc(C(=O)O)ccc1Br. The first-order chi connectivity index (χ1) is 8.88. The van der Waals surface area contributed by atoms with Crippen LogP contribution in [0.1, 0.15) is 23.2 Å². The molecule has 5 nitrogen and oxygen atoms in total. The number of benzene rings is 1. The van der Waals surface area contributed by atoms with E-state index in [4.69, 9.17) is 11.5 Å². The van der Waals surface area contributed by atoms with Crippen LogP contribution in [0.5, 0.6) is 0 Å². The monoisotopic (exact) mass is 345 g/mol. The van der Waals surface area contributed by atoms with Crippen LogP contribution in [0.3, 0.4) is 0 Å². The molecule has 0 atom stereocenters. The first kappa shape index (κ1) is 15.7. The fourth-order valence-electron chi connectivity index (χ4n) is 1.32. The molecule has 0 saturated heterocycles.